The number of pyridine rings is 1. The van der Waals surface area contributed by atoms with E-state index >= 15 is 0 Å². The molecule has 0 atom stereocenters. The van der Waals surface area contributed by atoms with E-state index < -0.39 is 0 Å². The fourth-order valence-corrected chi connectivity index (χ4v) is 1.63. The number of aromatic nitrogens is 3. The van der Waals surface area contributed by atoms with E-state index in [0.29, 0.717) is 11.2 Å². The average molecular weight is 189 g/mol. The third-order valence-corrected chi connectivity index (χ3v) is 2.19. The van der Waals surface area contributed by atoms with Gasteiger partial charge in [-0.2, -0.15) is 5.10 Å². The number of nitrogens with two attached hydrogens (primary N) is 1. The third kappa shape index (κ3) is 1.06. The Kier molecular flexibility index (Phi) is 1.73. The molecule has 5 nitrogen and oxygen atoms in total. The maximum atomic E-state index is 7.46. The Morgan fingerprint density at radius 3 is 2.86 bits per heavy atom. The number of nitrogens with one attached hydrogen (secondary N) is 1. The third-order valence-electron chi connectivity index (χ3n) is 2.19. The Balaban J connectivity index is 2.93. The highest BCUT2D eigenvalue weighted by molar-refractivity contribution is 6.01. The van der Waals surface area contributed by atoms with E-state index in [4.69, 9.17) is 11.1 Å². The van der Waals surface area contributed by atoms with E-state index in [0.717, 1.165) is 11.3 Å². The van der Waals surface area contributed by atoms with Crippen LogP contribution in [0, 0.1) is 19.3 Å². The fourth-order valence-electron chi connectivity index (χ4n) is 1.63. The Hall–Kier alpha value is -1.91. The molecule has 0 bridgehead atoms. The van der Waals surface area contributed by atoms with Gasteiger partial charge in [0.15, 0.2) is 5.65 Å². The molecule has 0 saturated carbocycles. The van der Waals surface area contributed by atoms with Crippen molar-refractivity contribution < 1.29 is 0 Å². The molecule has 5 heteroatoms. The topological polar surface area (TPSA) is 80.1 Å². The summed E-state index contributed by atoms with van der Waals surface area (Å²) < 4.78 is 1.68. The van der Waals surface area contributed by atoms with Crippen LogP contribution < -0.4 is 5.73 Å². The van der Waals surface area contributed by atoms with Crippen molar-refractivity contribution in [2.24, 2.45) is 5.73 Å². The first-order chi connectivity index (χ1) is 6.61. The molecule has 0 saturated heterocycles. The zero-order valence-electron chi connectivity index (χ0n) is 8.07. The van der Waals surface area contributed by atoms with Crippen LogP contribution in [0.4, 0.5) is 0 Å². The molecule has 2 heterocycles. The van der Waals surface area contributed by atoms with Gasteiger partial charge in [0.2, 0.25) is 0 Å². The largest absolute Gasteiger partial charge is 0.384 e. The van der Waals surface area contributed by atoms with Gasteiger partial charge in [-0.1, -0.05) is 0 Å². The van der Waals surface area contributed by atoms with Crippen molar-refractivity contribution in [1.29, 1.82) is 5.41 Å². The summed E-state index contributed by atoms with van der Waals surface area (Å²) in [6, 6.07) is 1.94. The summed E-state index contributed by atoms with van der Waals surface area (Å²) in [7, 11) is 0. The SMILES string of the molecule is Cc1cc(C)n2ncnc2c1C(=N)N. The molecule has 0 unspecified atom stereocenters. The molecular weight excluding hydrogens is 178 g/mol. The zero-order valence-corrected chi connectivity index (χ0v) is 8.07. The quantitative estimate of drug-likeness (QED) is 0.510. The first kappa shape index (κ1) is 8.68. The Bertz CT molecular complexity index is 511. The van der Waals surface area contributed by atoms with Gasteiger partial charge in [-0.05, 0) is 25.5 Å². The van der Waals surface area contributed by atoms with Crippen LogP contribution in [-0.2, 0) is 0 Å². The van der Waals surface area contributed by atoms with Gasteiger partial charge in [-0.3, -0.25) is 5.41 Å². The number of fused-ring (bicyclic) bond motifs is 1. The number of amidine groups is 1. The van der Waals surface area contributed by atoms with E-state index in [1.165, 1.54) is 6.33 Å². The first-order valence-electron chi connectivity index (χ1n) is 4.25. The van der Waals surface area contributed by atoms with E-state index in [1.807, 2.05) is 19.9 Å². The summed E-state index contributed by atoms with van der Waals surface area (Å²) in [5, 5.41) is 11.5. The lowest BCUT2D eigenvalue weighted by molar-refractivity contribution is 0.909. The van der Waals surface area contributed by atoms with E-state index in [2.05, 4.69) is 10.1 Å². The summed E-state index contributed by atoms with van der Waals surface area (Å²) in [4.78, 5) is 4.09. The lowest BCUT2D eigenvalue weighted by atomic mass is 10.1. The van der Waals surface area contributed by atoms with Gasteiger partial charge < -0.3 is 5.73 Å². The van der Waals surface area contributed by atoms with Crippen LogP contribution in [0.15, 0.2) is 12.4 Å². The number of rotatable bonds is 1. The maximum absolute atomic E-state index is 7.46. The van der Waals surface area contributed by atoms with Crippen LogP contribution in [0.3, 0.4) is 0 Å². The minimum Gasteiger partial charge on any atom is -0.384 e. The number of nitrogen functional groups attached to an aromatic ring is 1. The molecular formula is C9H11N5. The summed E-state index contributed by atoms with van der Waals surface area (Å²) in [6.07, 6.45) is 1.47. The summed E-state index contributed by atoms with van der Waals surface area (Å²) in [5.74, 6) is 0.0282. The molecule has 2 rings (SSSR count). The molecule has 0 aromatic carbocycles. The molecule has 0 aliphatic carbocycles. The highest BCUT2D eigenvalue weighted by Crippen LogP contribution is 2.14. The predicted molar refractivity (Wildman–Crippen MR) is 53.5 cm³/mol. The highest BCUT2D eigenvalue weighted by Gasteiger charge is 2.11. The fraction of sp³-hybridized carbons (Fsp3) is 0.222. The lowest BCUT2D eigenvalue weighted by Crippen LogP contribution is -2.15. The highest BCUT2D eigenvalue weighted by atomic mass is 15.3. The first-order valence-corrected chi connectivity index (χ1v) is 4.25. The molecule has 2 aromatic rings. The van der Waals surface area contributed by atoms with Crippen LogP contribution in [-0.4, -0.2) is 20.4 Å². The Labute approximate surface area is 81.1 Å². The molecule has 0 amide bonds. The second-order valence-electron chi connectivity index (χ2n) is 3.25. The van der Waals surface area contributed by atoms with Gasteiger partial charge in [0.25, 0.3) is 0 Å². The Morgan fingerprint density at radius 2 is 2.21 bits per heavy atom. The molecule has 0 radical (unpaired) electrons. The average Bonchev–Trinajstić information content (AvgIpc) is 2.51. The second kappa shape index (κ2) is 2.80. The lowest BCUT2D eigenvalue weighted by Gasteiger charge is -2.07. The van der Waals surface area contributed by atoms with Gasteiger partial charge in [0.05, 0.1) is 5.56 Å². The van der Waals surface area contributed by atoms with Gasteiger partial charge in [-0.15, -0.1) is 0 Å². The maximum Gasteiger partial charge on any atom is 0.166 e. The van der Waals surface area contributed by atoms with Gasteiger partial charge in [0, 0.05) is 5.69 Å². The van der Waals surface area contributed by atoms with Crippen molar-refractivity contribution in [3.63, 3.8) is 0 Å². The summed E-state index contributed by atoms with van der Waals surface area (Å²) in [5.41, 5.74) is 8.74. The molecule has 72 valence electrons. The standard InChI is InChI=1S/C9H11N5/c1-5-3-6(2)14-9(12-4-13-14)7(5)8(10)11/h3-4H,1-2H3,(H3,10,11). The number of aryl methyl sites for hydroxylation is 2. The van der Waals surface area contributed by atoms with E-state index in [1.54, 1.807) is 4.52 Å². The van der Waals surface area contributed by atoms with Crippen LogP contribution in [0.2, 0.25) is 0 Å². The van der Waals surface area contributed by atoms with Gasteiger partial charge in [0.1, 0.15) is 12.2 Å². The van der Waals surface area contributed by atoms with Crippen LogP contribution in [0.5, 0.6) is 0 Å². The minimum atomic E-state index is 0.0282. The van der Waals surface area contributed by atoms with Crippen molar-refractivity contribution >= 4 is 11.5 Å². The normalized spacial score (nSPS) is 10.7. The summed E-state index contributed by atoms with van der Waals surface area (Å²) >= 11 is 0. The van der Waals surface area contributed by atoms with E-state index in [9.17, 15) is 0 Å². The molecule has 3 N–H and O–H groups in total. The van der Waals surface area contributed by atoms with Crippen LogP contribution >= 0.6 is 0 Å². The number of hydrogen-bond acceptors (Lipinski definition) is 3. The molecule has 0 aliphatic heterocycles. The molecule has 0 fully saturated rings. The van der Waals surface area contributed by atoms with Crippen molar-refractivity contribution in [3.05, 3.63) is 29.2 Å². The minimum absolute atomic E-state index is 0.0282. The van der Waals surface area contributed by atoms with Crippen molar-refractivity contribution in [1.82, 2.24) is 14.6 Å². The van der Waals surface area contributed by atoms with Crippen LogP contribution in [0.1, 0.15) is 16.8 Å². The number of nitrogens with zero attached hydrogens (tertiary/aromatic N) is 3. The smallest absolute Gasteiger partial charge is 0.166 e. The molecule has 0 aliphatic rings. The predicted octanol–water partition coefficient (Wildman–Crippen LogP) is 0.630. The zero-order chi connectivity index (χ0) is 10.3. The van der Waals surface area contributed by atoms with Crippen molar-refractivity contribution in [3.8, 4) is 0 Å². The van der Waals surface area contributed by atoms with Gasteiger partial charge >= 0.3 is 0 Å². The van der Waals surface area contributed by atoms with Crippen molar-refractivity contribution in [2.75, 3.05) is 0 Å². The second-order valence-corrected chi connectivity index (χ2v) is 3.25. The summed E-state index contributed by atoms with van der Waals surface area (Å²) in [6.45, 7) is 3.86. The van der Waals surface area contributed by atoms with Crippen LogP contribution in [0.25, 0.3) is 5.65 Å². The van der Waals surface area contributed by atoms with E-state index in [-0.39, 0.29) is 5.84 Å². The Morgan fingerprint density at radius 1 is 1.50 bits per heavy atom. The monoisotopic (exact) mass is 189 g/mol. The molecule has 2 aromatic heterocycles. The number of hydrogen-bond donors (Lipinski definition) is 2. The molecule has 14 heavy (non-hydrogen) atoms. The van der Waals surface area contributed by atoms with Gasteiger partial charge in [-0.25, -0.2) is 9.50 Å². The van der Waals surface area contributed by atoms with Crippen molar-refractivity contribution in [2.45, 2.75) is 13.8 Å². The molecule has 0 spiro atoms.